The predicted octanol–water partition coefficient (Wildman–Crippen LogP) is 4.41. The average Bonchev–Trinajstić information content (AvgIpc) is 2.42. The topological polar surface area (TPSA) is 17.1 Å². The van der Waals surface area contributed by atoms with Gasteiger partial charge in [-0.25, -0.2) is 8.78 Å². The third-order valence-corrected chi connectivity index (χ3v) is 3.21. The van der Waals surface area contributed by atoms with Gasteiger partial charge >= 0.3 is 0 Å². The molecule has 4 heteroatoms. The zero-order valence-corrected chi connectivity index (χ0v) is 11.0. The van der Waals surface area contributed by atoms with Crippen molar-refractivity contribution >= 4 is 17.4 Å². The molecular formula is C15H11ClF2O. The van der Waals surface area contributed by atoms with Crippen molar-refractivity contribution in [3.63, 3.8) is 0 Å². The zero-order valence-electron chi connectivity index (χ0n) is 10.2. The quantitative estimate of drug-likeness (QED) is 0.601. The molecule has 0 atom stereocenters. The summed E-state index contributed by atoms with van der Waals surface area (Å²) in [6.45, 7) is 1.92. The van der Waals surface area contributed by atoms with Gasteiger partial charge in [-0.1, -0.05) is 42.8 Å². The van der Waals surface area contributed by atoms with Crippen LogP contribution in [0.25, 0.3) is 0 Å². The second-order valence-corrected chi connectivity index (χ2v) is 4.49. The summed E-state index contributed by atoms with van der Waals surface area (Å²) >= 11 is 5.81. The van der Waals surface area contributed by atoms with E-state index in [4.69, 9.17) is 11.6 Å². The molecular weight excluding hydrogens is 270 g/mol. The maximum atomic E-state index is 13.2. The maximum absolute atomic E-state index is 13.2. The number of hydrogen-bond donors (Lipinski definition) is 0. The first-order chi connectivity index (χ1) is 9.04. The molecule has 0 aromatic heterocycles. The lowest BCUT2D eigenvalue weighted by molar-refractivity contribution is 0.103. The highest BCUT2D eigenvalue weighted by Crippen LogP contribution is 2.24. The third kappa shape index (κ3) is 2.66. The summed E-state index contributed by atoms with van der Waals surface area (Å²) < 4.78 is 26.2. The van der Waals surface area contributed by atoms with Crippen molar-refractivity contribution in [2.24, 2.45) is 0 Å². The number of carbonyl (C=O) groups is 1. The van der Waals surface area contributed by atoms with E-state index in [1.807, 2.05) is 19.1 Å². The lowest BCUT2D eigenvalue weighted by atomic mass is 9.97. The van der Waals surface area contributed by atoms with E-state index < -0.39 is 17.4 Å². The molecule has 98 valence electrons. The van der Waals surface area contributed by atoms with Crippen LogP contribution in [0.2, 0.25) is 5.02 Å². The number of aryl methyl sites for hydroxylation is 1. The number of rotatable bonds is 3. The van der Waals surface area contributed by atoms with Crippen LogP contribution in [-0.4, -0.2) is 5.78 Å². The van der Waals surface area contributed by atoms with E-state index in [9.17, 15) is 13.6 Å². The number of ketones is 1. The molecule has 0 unspecified atom stereocenters. The Labute approximate surface area is 114 Å². The van der Waals surface area contributed by atoms with Gasteiger partial charge in [0, 0.05) is 11.1 Å². The molecule has 2 rings (SSSR count). The highest BCUT2D eigenvalue weighted by Gasteiger charge is 2.18. The van der Waals surface area contributed by atoms with Gasteiger partial charge in [0.05, 0.1) is 5.02 Å². The second-order valence-electron chi connectivity index (χ2n) is 4.09. The molecule has 0 fully saturated rings. The minimum Gasteiger partial charge on any atom is -0.289 e. The molecule has 1 nitrogen and oxygen atoms in total. The van der Waals surface area contributed by atoms with Gasteiger partial charge in [-0.15, -0.1) is 0 Å². The molecule has 0 aliphatic heterocycles. The smallest absolute Gasteiger partial charge is 0.194 e. The molecule has 0 aliphatic carbocycles. The van der Waals surface area contributed by atoms with Crippen LogP contribution in [0, 0.1) is 11.6 Å². The van der Waals surface area contributed by atoms with Crippen molar-refractivity contribution in [3.05, 3.63) is 69.7 Å². The minimum atomic E-state index is -1.08. The molecule has 0 bridgehead atoms. The molecule has 0 radical (unpaired) electrons. The second kappa shape index (κ2) is 5.49. The number of halogens is 3. The molecule has 0 N–H and O–H groups in total. The number of hydrogen-bond acceptors (Lipinski definition) is 1. The van der Waals surface area contributed by atoms with Crippen molar-refractivity contribution in [1.82, 2.24) is 0 Å². The van der Waals surface area contributed by atoms with E-state index in [-0.39, 0.29) is 10.6 Å². The molecule has 0 heterocycles. The van der Waals surface area contributed by atoms with E-state index in [2.05, 4.69) is 0 Å². The monoisotopic (exact) mass is 280 g/mol. The first-order valence-corrected chi connectivity index (χ1v) is 6.19. The fourth-order valence-corrected chi connectivity index (χ4v) is 2.13. The van der Waals surface area contributed by atoms with Crippen LogP contribution in [0.4, 0.5) is 8.78 Å². The summed E-state index contributed by atoms with van der Waals surface area (Å²) in [6, 6.07) is 8.67. The Balaban J connectivity index is 2.53. The summed E-state index contributed by atoms with van der Waals surface area (Å²) in [7, 11) is 0. The Morgan fingerprint density at radius 3 is 2.42 bits per heavy atom. The molecule has 2 aromatic carbocycles. The lowest BCUT2D eigenvalue weighted by Gasteiger charge is -2.08. The van der Waals surface area contributed by atoms with E-state index in [0.717, 1.165) is 17.7 Å². The largest absolute Gasteiger partial charge is 0.289 e. The first-order valence-electron chi connectivity index (χ1n) is 5.81. The normalized spacial score (nSPS) is 10.5. The molecule has 0 spiro atoms. The molecule has 0 saturated heterocycles. The van der Waals surface area contributed by atoms with E-state index >= 15 is 0 Å². The third-order valence-electron chi connectivity index (χ3n) is 2.90. The molecule has 0 aliphatic rings. The Hall–Kier alpha value is -1.74. The molecule has 19 heavy (non-hydrogen) atoms. The summed E-state index contributed by atoms with van der Waals surface area (Å²) in [6.07, 6.45) is 0.670. The Morgan fingerprint density at radius 1 is 1.11 bits per heavy atom. The molecule has 2 aromatic rings. The fraction of sp³-hybridized carbons (Fsp3) is 0.133. The average molecular weight is 281 g/mol. The number of benzene rings is 2. The van der Waals surface area contributed by atoms with Gasteiger partial charge in [0.15, 0.2) is 17.4 Å². The Kier molecular flexibility index (Phi) is 3.96. The van der Waals surface area contributed by atoms with Crippen LogP contribution in [0.3, 0.4) is 0 Å². The summed E-state index contributed by atoms with van der Waals surface area (Å²) in [5.74, 6) is -2.55. The zero-order chi connectivity index (χ0) is 14.0. The van der Waals surface area contributed by atoms with Gasteiger partial charge in [-0.3, -0.25) is 4.79 Å². The first kappa shape index (κ1) is 13.7. The van der Waals surface area contributed by atoms with Crippen molar-refractivity contribution in [2.75, 3.05) is 0 Å². The van der Waals surface area contributed by atoms with Gasteiger partial charge in [0.1, 0.15) is 0 Å². The van der Waals surface area contributed by atoms with Gasteiger partial charge in [-0.05, 0) is 24.1 Å². The number of carbonyl (C=O) groups excluding carboxylic acids is 1. The Bertz CT molecular complexity index is 638. The molecule has 0 amide bonds. The van der Waals surface area contributed by atoms with Crippen LogP contribution < -0.4 is 0 Å². The summed E-state index contributed by atoms with van der Waals surface area (Å²) in [5.41, 5.74) is 1.27. The Morgan fingerprint density at radius 2 is 1.74 bits per heavy atom. The van der Waals surface area contributed by atoms with Crippen LogP contribution in [0.15, 0.2) is 36.4 Å². The lowest BCUT2D eigenvalue weighted by Crippen LogP contribution is -2.07. The standard InChI is InChI=1S/C15H11ClF2O/c1-2-9-5-3-4-6-10(9)15(19)11-7-13(17)14(18)8-12(11)16/h3-8H,2H2,1H3. The fourth-order valence-electron chi connectivity index (χ4n) is 1.89. The van der Waals surface area contributed by atoms with E-state index in [1.54, 1.807) is 12.1 Å². The molecule has 0 saturated carbocycles. The highest BCUT2D eigenvalue weighted by molar-refractivity contribution is 6.35. The van der Waals surface area contributed by atoms with E-state index in [0.29, 0.717) is 12.0 Å². The van der Waals surface area contributed by atoms with Crippen LogP contribution in [0.1, 0.15) is 28.4 Å². The van der Waals surface area contributed by atoms with E-state index in [1.165, 1.54) is 0 Å². The van der Waals surface area contributed by atoms with Gasteiger partial charge in [0.25, 0.3) is 0 Å². The van der Waals surface area contributed by atoms with Crippen LogP contribution in [0.5, 0.6) is 0 Å². The van der Waals surface area contributed by atoms with Crippen LogP contribution in [-0.2, 0) is 6.42 Å². The highest BCUT2D eigenvalue weighted by atomic mass is 35.5. The summed E-state index contributed by atoms with van der Waals surface area (Å²) in [4.78, 5) is 12.3. The summed E-state index contributed by atoms with van der Waals surface area (Å²) in [5, 5.41) is -0.0881. The van der Waals surface area contributed by atoms with Gasteiger partial charge in [0.2, 0.25) is 0 Å². The van der Waals surface area contributed by atoms with Crippen molar-refractivity contribution in [3.8, 4) is 0 Å². The van der Waals surface area contributed by atoms with Crippen molar-refractivity contribution < 1.29 is 13.6 Å². The van der Waals surface area contributed by atoms with Gasteiger partial charge in [-0.2, -0.15) is 0 Å². The van der Waals surface area contributed by atoms with Crippen molar-refractivity contribution in [2.45, 2.75) is 13.3 Å². The predicted molar refractivity (Wildman–Crippen MR) is 70.6 cm³/mol. The minimum absolute atomic E-state index is 0.0264. The maximum Gasteiger partial charge on any atom is 0.194 e. The van der Waals surface area contributed by atoms with Gasteiger partial charge < -0.3 is 0 Å². The SMILES string of the molecule is CCc1ccccc1C(=O)c1cc(F)c(F)cc1Cl. The van der Waals surface area contributed by atoms with Crippen molar-refractivity contribution in [1.29, 1.82) is 0 Å². The van der Waals surface area contributed by atoms with Crippen LogP contribution >= 0.6 is 11.6 Å².